The molecule has 0 atom stereocenters. The van der Waals surface area contributed by atoms with Gasteiger partial charge in [-0.3, -0.25) is 19.5 Å². The third-order valence-electron chi connectivity index (χ3n) is 6.38. The Hall–Kier alpha value is -4.63. The van der Waals surface area contributed by atoms with Crippen LogP contribution in [0.1, 0.15) is 26.4 Å². The van der Waals surface area contributed by atoms with Gasteiger partial charge in [-0.1, -0.05) is 12.1 Å². The second-order valence-corrected chi connectivity index (χ2v) is 9.16. The van der Waals surface area contributed by atoms with E-state index in [1.54, 1.807) is 47.4 Å². The largest absolute Gasteiger partial charge is 0.457 e. The Balaban J connectivity index is 1.11. The fourth-order valence-electron chi connectivity index (χ4n) is 4.23. The maximum Gasteiger partial charge on any atom is 0.274 e. The minimum absolute atomic E-state index is 0.132. The Bertz CT molecular complexity index is 1420. The van der Waals surface area contributed by atoms with Crippen LogP contribution in [0.3, 0.4) is 0 Å². The zero-order valence-electron chi connectivity index (χ0n) is 21.0. The molecule has 1 fully saturated rings. The first kappa shape index (κ1) is 26.0. The first-order valence-corrected chi connectivity index (χ1v) is 12.5. The molecule has 2 heterocycles. The molecule has 198 valence electrons. The van der Waals surface area contributed by atoms with Crippen molar-refractivity contribution in [1.82, 2.24) is 14.8 Å². The van der Waals surface area contributed by atoms with Gasteiger partial charge in [-0.15, -0.1) is 0 Å². The predicted octanol–water partition coefficient (Wildman–Crippen LogP) is 5.36. The third kappa shape index (κ3) is 6.82. The van der Waals surface area contributed by atoms with Crippen molar-refractivity contribution in [3.05, 3.63) is 120 Å². The Morgan fingerprint density at radius 3 is 1.95 bits per heavy atom. The summed E-state index contributed by atoms with van der Waals surface area (Å²) in [6.07, 6.45) is 1.42. The smallest absolute Gasteiger partial charge is 0.274 e. The molecule has 0 saturated carbocycles. The molecule has 0 radical (unpaired) electrons. The number of pyridine rings is 1. The number of amides is 2. The second kappa shape index (κ2) is 11.8. The van der Waals surface area contributed by atoms with Crippen molar-refractivity contribution in [1.29, 1.82) is 0 Å². The van der Waals surface area contributed by atoms with Gasteiger partial charge in [0, 0.05) is 44.6 Å². The van der Waals surface area contributed by atoms with Crippen molar-refractivity contribution >= 4 is 17.5 Å². The molecule has 1 N–H and O–H groups in total. The van der Waals surface area contributed by atoms with E-state index in [9.17, 15) is 18.4 Å². The lowest BCUT2D eigenvalue weighted by molar-refractivity contribution is 0.0627. The van der Waals surface area contributed by atoms with Crippen LogP contribution in [0.4, 0.5) is 14.5 Å². The van der Waals surface area contributed by atoms with Gasteiger partial charge in [0.05, 0.1) is 5.56 Å². The SMILES string of the molecule is O=C(Nc1ccc(Oc2ccc(F)cc2)cc1)c1ccc(C(=O)N2CCN(Cc3ccc(F)cc3)CC2)cn1. The number of hydrogen-bond donors (Lipinski definition) is 1. The molecule has 0 aliphatic carbocycles. The van der Waals surface area contributed by atoms with Crippen molar-refractivity contribution in [2.24, 2.45) is 0 Å². The fourth-order valence-corrected chi connectivity index (χ4v) is 4.23. The number of halogens is 2. The van der Waals surface area contributed by atoms with Gasteiger partial charge in [0.15, 0.2) is 0 Å². The average molecular weight is 529 g/mol. The first-order chi connectivity index (χ1) is 18.9. The number of ether oxygens (including phenoxy) is 1. The lowest BCUT2D eigenvalue weighted by Crippen LogP contribution is -2.48. The fraction of sp³-hybridized carbons (Fsp3) is 0.167. The summed E-state index contributed by atoms with van der Waals surface area (Å²) in [5.41, 5.74) is 2.18. The number of carbonyl (C=O) groups is 2. The summed E-state index contributed by atoms with van der Waals surface area (Å²) < 4.78 is 31.8. The molecular weight excluding hydrogens is 502 g/mol. The number of nitrogens with one attached hydrogen (secondary N) is 1. The molecule has 0 spiro atoms. The van der Waals surface area contributed by atoms with Gasteiger partial charge in [0.1, 0.15) is 28.8 Å². The Labute approximate surface area is 224 Å². The monoisotopic (exact) mass is 528 g/mol. The molecule has 0 unspecified atom stereocenters. The van der Waals surface area contributed by atoms with Crippen LogP contribution in [0.5, 0.6) is 11.5 Å². The molecule has 7 nitrogen and oxygen atoms in total. The molecule has 4 aromatic rings. The summed E-state index contributed by atoms with van der Waals surface area (Å²) in [5.74, 6) is -0.0988. The predicted molar refractivity (Wildman–Crippen MR) is 143 cm³/mol. The van der Waals surface area contributed by atoms with E-state index in [1.165, 1.54) is 48.7 Å². The summed E-state index contributed by atoms with van der Waals surface area (Å²) in [7, 11) is 0. The number of aromatic nitrogens is 1. The summed E-state index contributed by atoms with van der Waals surface area (Å²) in [4.78, 5) is 33.8. The van der Waals surface area contributed by atoms with E-state index in [0.29, 0.717) is 55.5 Å². The highest BCUT2D eigenvalue weighted by Crippen LogP contribution is 2.23. The van der Waals surface area contributed by atoms with Gasteiger partial charge < -0.3 is 15.0 Å². The van der Waals surface area contributed by atoms with Gasteiger partial charge in [-0.05, 0) is 78.4 Å². The first-order valence-electron chi connectivity index (χ1n) is 12.5. The van der Waals surface area contributed by atoms with Crippen LogP contribution in [0, 0.1) is 11.6 Å². The van der Waals surface area contributed by atoms with Crippen LogP contribution in [-0.2, 0) is 6.54 Å². The van der Waals surface area contributed by atoms with Crippen LogP contribution >= 0.6 is 0 Å². The van der Waals surface area contributed by atoms with E-state index >= 15 is 0 Å². The average Bonchev–Trinajstić information content (AvgIpc) is 2.96. The van der Waals surface area contributed by atoms with Crippen LogP contribution in [0.2, 0.25) is 0 Å². The summed E-state index contributed by atoms with van der Waals surface area (Å²) in [6.45, 7) is 3.28. The van der Waals surface area contributed by atoms with Crippen LogP contribution in [-0.4, -0.2) is 52.8 Å². The number of anilines is 1. The molecule has 1 aromatic heterocycles. The highest BCUT2D eigenvalue weighted by Gasteiger charge is 2.23. The molecule has 2 amide bonds. The maximum atomic E-state index is 13.1. The van der Waals surface area contributed by atoms with E-state index in [1.807, 2.05) is 0 Å². The van der Waals surface area contributed by atoms with Crippen molar-refractivity contribution in [3.63, 3.8) is 0 Å². The highest BCUT2D eigenvalue weighted by molar-refractivity contribution is 6.03. The maximum absolute atomic E-state index is 13.1. The van der Waals surface area contributed by atoms with Gasteiger partial charge >= 0.3 is 0 Å². The number of rotatable bonds is 7. The summed E-state index contributed by atoms with van der Waals surface area (Å²) in [5, 5.41) is 2.77. The molecule has 5 rings (SSSR count). The highest BCUT2D eigenvalue weighted by atomic mass is 19.1. The van der Waals surface area contributed by atoms with Gasteiger partial charge in [-0.2, -0.15) is 0 Å². The van der Waals surface area contributed by atoms with E-state index < -0.39 is 5.91 Å². The summed E-state index contributed by atoms with van der Waals surface area (Å²) >= 11 is 0. The van der Waals surface area contributed by atoms with Crippen LogP contribution in [0.15, 0.2) is 91.1 Å². The van der Waals surface area contributed by atoms with E-state index in [-0.39, 0.29) is 23.2 Å². The normalized spacial score (nSPS) is 13.6. The lowest BCUT2D eigenvalue weighted by atomic mass is 10.1. The molecule has 9 heteroatoms. The second-order valence-electron chi connectivity index (χ2n) is 9.16. The van der Waals surface area contributed by atoms with E-state index in [2.05, 4.69) is 15.2 Å². The number of nitrogens with zero attached hydrogens (tertiary/aromatic N) is 3. The van der Waals surface area contributed by atoms with E-state index in [0.717, 1.165) is 5.56 Å². The Morgan fingerprint density at radius 2 is 1.36 bits per heavy atom. The van der Waals surface area contributed by atoms with E-state index in [4.69, 9.17) is 4.74 Å². The Kier molecular flexibility index (Phi) is 7.88. The standard InChI is InChI=1S/C30H26F2N4O3/c31-23-4-1-21(2-5-23)20-35-15-17-36(18-16-35)30(38)22-3-14-28(33-19-22)29(37)34-25-8-12-27(13-9-25)39-26-10-6-24(32)7-11-26/h1-14,19H,15-18,20H2,(H,34,37). The van der Waals surface area contributed by atoms with Crippen molar-refractivity contribution in [3.8, 4) is 11.5 Å². The topological polar surface area (TPSA) is 74.8 Å². The number of piperazine rings is 1. The molecule has 1 saturated heterocycles. The molecule has 3 aromatic carbocycles. The van der Waals surface area contributed by atoms with Gasteiger partial charge in [-0.25, -0.2) is 8.78 Å². The molecule has 1 aliphatic rings. The minimum Gasteiger partial charge on any atom is -0.457 e. The Morgan fingerprint density at radius 1 is 0.769 bits per heavy atom. The molecule has 39 heavy (non-hydrogen) atoms. The zero-order valence-corrected chi connectivity index (χ0v) is 21.0. The minimum atomic E-state index is -0.407. The molecular formula is C30H26F2N4O3. The third-order valence-corrected chi connectivity index (χ3v) is 6.38. The zero-order chi connectivity index (χ0) is 27.2. The number of hydrogen-bond acceptors (Lipinski definition) is 5. The van der Waals surface area contributed by atoms with Crippen molar-refractivity contribution in [2.45, 2.75) is 6.54 Å². The van der Waals surface area contributed by atoms with Crippen molar-refractivity contribution in [2.75, 3.05) is 31.5 Å². The van der Waals surface area contributed by atoms with Gasteiger partial charge in [0.25, 0.3) is 11.8 Å². The quantitative estimate of drug-likeness (QED) is 0.350. The van der Waals surface area contributed by atoms with Gasteiger partial charge in [0.2, 0.25) is 0 Å². The van der Waals surface area contributed by atoms with Crippen molar-refractivity contribution < 1.29 is 23.1 Å². The lowest BCUT2D eigenvalue weighted by Gasteiger charge is -2.34. The molecule has 0 bridgehead atoms. The molecule has 1 aliphatic heterocycles. The van der Waals surface area contributed by atoms with Crippen LogP contribution in [0.25, 0.3) is 0 Å². The number of benzene rings is 3. The summed E-state index contributed by atoms with van der Waals surface area (Å²) in [6, 6.07) is 22.0. The van der Waals surface area contributed by atoms with Crippen LogP contribution < -0.4 is 10.1 Å². The number of carbonyl (C=O) groups excluding carboxylic acids is 2.